The minimum Gasteiger partial charge on any atom is -0.415 e. The van der Waals surface area contributed by atoms with Gasteiger partial charge in [-0.3, -0.25) is 19.0 Å². The van der Waals surface area contributed by atoms with Crippen LogP contribution in [-0.2, 0) is 17.8 Å². The van der Waals surface area contributed by atoms with Crippen LogP contribution in [0.2, 0.25) is 0 Å². The molecule has 6 aromatic rings. The van der Waals surface area contributed by atoms with Gasteiger partial charge in [0.2, 0.25) is 5.89 Å². The molecule has 1 fully saturated rings. The van der Waals surface area contributed by atoms with Gasteiger partial charge >= 0.3 is 12.1 Å². The molecule has 2 aromatic carbocycles. The molecule has 10 nitrogen and oxygen atoms in total. The summed E-state index contributed by atoms with van der Waals surface area (Å²) < 4.78 is 55.2. The zero-order valence-corrected chi connectivity index (χ0v) is 22.8. The highest BCUT2D eigenvalue weighted by molar-refractivity contribution is 5.97. The van der Waals surface area contributed by atoms with Crippen molar-refractivity contribution in [3.63, 3.8) is 0 Å². The number of aromatic nitrogens is 6. The molecule has 13 heteroatoms. The van der Waals surface area contributed by atoms with Crippen LogP contribution in [0.15, 0.2) is 70.1 Å². The first-order valence-electron chi connectivity index (χ1n) is 13.8. The number of fused-ring (bicyclic) bond motifs is 2. The Bertz CT molecular complexity index is 1970. The van der Waals surface area contributed by atoms with E-state index in [1.54, 1.807) is 22.8 Å². The van der Waals surface area contributed by atoms with Crippen molar-refractivity contribution in [1.82, 2.24) is 34.2 Å². The lowest BCUT2D eigenvalue weighted by Gasteiger charge is -2.26. The van der Waals surface area contributed by atoms with Crippen molar-refractivity contribution in [2.45, 2.75) is 19.5 Å². The smallest absolute Gasteiger partial charge is 0.329 e. The molecule has 1 aliphatic rings. The predicted octanol–water partition coefficient (Wildman–Crippen LogP) is 4.85. The lowest BCUT2D eigenvalue weighted by Crippen LogP contribution is -2.39. The Labute approximate surface area is 242 Å². The van der Waals surface area contributed by atoms with Crippen LogP contribution in [0.3, 0.4) is 0 Å². The Hall–Kier alpha value is -4.75. The van der Waals surface area contributed by atoms with E-state index in [1.165, 1.54) is 16.8 Å². The maximum absolute atomic E-state index is 15.8. The fourth-order valence-corrected chi connectivity index (χ4v) is 5.54. The van der Waals surface area contributed by atoms with Gasteiger partial charge in [-0.1, -0.05) is 12.1 Å². The number of nitrogens with zero attached hydrogens (tertiary/aromatic N) is 6. The Morgan fingerprint density at radius 1 is 0.953 bits per heavy atom. The Morgan fingerprint density at radius 2 is 1.79 bits per heavy atom. The average Bonchev–Trinajstić information content (AvgIpc) is 3.76. The van der Waals surface area contributed by atoms with E-state index < -0.39 is 18.1 Å². The minimum absolute atomic E-state index is 0.0679. The zero-order valence-electron chi connectivity index (χ0n) is 22.8. The Balaban J connectivity index is 1.27. The number of alkyl halides is 2. The fourth-order valence-electron chi connectivity index (χ4n) is 5.54. The van der Waals surface area contributed by atoms with Gasteiger partial charge in [0.1, 0.15) is 5.82 Å². The van der Waals surface area contributed by atoms with E-state index in [4.69, 9.17) is 9.15 Å². The number of H-pyrrole nitrogens is 1. The first-order chi connectivity index (χ1) is 21.0. The second-order valence-electron chi connectivity index (χ2n) is 10.3. The van der Waals surface area contributed by atoms with E-state index in [-0.39, 0.29) is 18.1 Å². The minimum atomic E-state index is -2.88. The van der Waals surface area contributed by atoms with Gasteiger partial charge in [0.05, 0.1) is 42.0 Å². The van der Waals surface area contributed by atoms with Crippen LogP contribution in [0.1, 0.15) is 18.0 Å². The molecule has 5 heterocycles. The molecule has 43 heavy (non-hydrogen) atoms. The molecule has 0 aliphatic carbocycles. The van der Waals surface area contributed by atoms with E-state index in [0.29, 0.717) is 54.2 Å². The summed E-state index contributed by atoms with van der Waals surface area (Å²) >= 11 is 0. The summed E-state index contributed by atoms with van der Waals surface area (Å²) in [5.41, 5.74) is 3.66. The molecular formula is C30H26F3N7O3. The number of pyridine rings is 1. The largest absolute Gasteiger partial charge is 0.415 e. The van der Waals surface area contributed by atoms with Crippen LogP contribution in [0.5, 0.6) is 0 Å². The molecule has 0 bridgehead atoms. The molecule has 0 unspecified atom stereocenters. The molecule has 220 valence electrons. The van der Waals surface area contributed by atoms with Crippen molar-refractivity contribution < 1.29 is 22.3 Å². The molecule has 0 spiro atoms. The summed E-state index contributed by atoms with van der Waals surface area (Å²) in [6.45, 7) is 3.95. The van der Waals surface area contributed by atoms with Gasteiger partial charge in [0.15, 0.2) is 0 Å². The highest BCUT2D eigenvalue weighted by Crippen LogP contribution is 2.33. The normalized spacial score (nSPS) is 14.4. The molecule has 4 aromatic heterocycles. The molecule has 7 rings (SSSR count). The molecule has 0 atom stereocenters. The van der Waals surface area contributed by atoms with Crippen LogP contribution >= 0.6 is 0 Å². The first-order valence-corrected chi connectivity index (χ1v) is 13.8. The highest BCUT2D eigenvalue weighted by Gasteiger charge is 2.21. The van der Waals surface area contributed by atoms with Crippen molar-refractivity contribution in [2.75, 3.05) is 32.8 Å². The third-order valence-electron chi connectivity index (χ3n) is 7.76. The maximum Gasteiger partial charge on any atom is 0.329 e. The summed E-state index contributed by atoms with van der Waals surface area (Å²) in [4.78, 5) is 23.7. The number of aromatic amines is 1. The fraction of sp³-hybridized carbons (Fsp3) is 0.267. The van der Waals surface area contributed by atoms with E-state index in [0.717, 1.165) is 29.6 Å². The standard InChI is InChI=1S/C30H26F3N7O3/c31-23-15-26-25(14-22(23)20-2-1-3-24-21(20)6-7-34-24)39(9-8-38-10-12-42-13-11-38)30(41)40(26)17-19-5-4-18(16-35-19)28-36-37-29(43-28)27(32)33/h1-7,14-16,27,34H,8-13,17H2. The Morgan fingerprint density at radius 3 is 2.56 bits per heavy atom. The van der Waals surface area contributed by atoms with Gasteiger partial charge in [-0.05, 0) is 35.9 Å². The van der Waals surface area contributed by atoms with E-state index >= 15 is 4.39 Å². The molecule has 1 saturated heterocycles. The molecule has 1 aliphatic heterocycles. The number of nitrogens with one attached hydrogen (secondary N) is 1. The van der Waals surface area contributed by atoms with Gasteiger partial charge in [-0.15, -0.1) is 10.2 Å². The number of hydrogen-bond acceptors (Lipinski definition) is 7. The van der Waals surface area contributed by atoms with Gasteiger partial charge in [-0.2, -0.15) is 8.78 Å². The summed E-state index contributed by atoms with van der Waals surface area (Å²) in [6.07, 6.45) is 0.350. The van der Waals surface area contributed by atoms with Crippen molar-refractivity contribution in [1.29, 1.82) is 0 Å². The number of hydrogen-bond donors (Lipinski definition) is 1. The topological polar surface area (TPSA) is 107 Å². The summed E-state index contributed by atoms with van der Waals surface area (Å²) in [7, 11) is 0. The van der Waals surface area contributed by atoms with Gasteiger partial charge < -0.3 is 14.1 Å². The molecule has 0 saturated carbocycles. The van der Waals surface area contributed by atoms with Crippen molar-refractivity contribution in [2.24, 2.45) is 0 Å². The summed E-state index contributed by atoms with van der Waals surface area (Å²) in [5, 5.41) is 7.87. The lowest BCUT2D eigenvalue weighted by atomic mass is 10.0. The number of ether oxygens (including phenoxy) is 1. The molecule has 0 amide bonds. The van der Waals surface area contributed by atoms with E-state index in [2.05, 4.69) is 25.1 Å². The lowest BCUT2D eigenvalue weighted by molar-refractivity contribution is 0.0364. The van der Waals surface area contributed by atoms with Crippen LogP contribution in [0, 0.1) is 5.82 Å². The van der Waals surface area contributed by atoms with Crippen molar-refractivity contribution >= 4 is 21.9 Å². The SMILES string of the molecule is O=c1n(CCN2CCOCC2)c2cc(-c3cccc4[nH]ccc34)c(F)cc2n1Cc1ccc(-c2nnc(C(F)F)o2)cn1. The van der Waals surface area contributed by atoms with Gasteiger partial charge in [0.25, 0.3) is 5.89 Å². The number of imidazole rings is 1. The van der Waals surface area contributed by atoms with E-state index in [9.17, 15) is 13.6 Å². The van der Waals surface area contributed by atoms with Crippen LogP contribution < -0.4 is 5.69 Å². The predicted molar refractivity (Wildman–Crippen MR) is 152 cm³/mol. The van der Waals surface area contributed by atoms with Crippen molar-refractivity contribution in [3.05, 3.63) is 88.8 Å². The number of rotatable bonds is 8. The first kappa shape index (κ1) is 27.1. The van der Waals surface area contributed by atoms with Crippen LogP contribution in [-0.4, -0.2) is 67.0 Å². The maximum atomic E-state index is 15.8. The molecule has 0 radical (unpaired) electrons. The monoisotopic (exact) mass is 589 g/mol. The number of benzene rings is 2. The second-order valence-corrected chi connectivity index (χ2v) is 10.3. The molecular weight excluding hydrogens is 563 g/mol. The van der Waals surface area contributed by atoms with Gasteiger partial charge in [0, 0.05) is 61.1 Å². The zero-order chi connectivity index (χ0) is 29.5. The third kappa shape index (κ3) is 5.10. The van der Waals surface area contributed by atoms with Gasteiger partial charge in [-0.25, -0.2) is 9.18 Å². The average molecular weight is 590 g/mol. The highest BCUT2D eigenvalue weighted by atomic mass is 19.3. The molecule has 1 N–H and O–H groups in total. The van der Waals surface area contributed by atoms with Crippen LogP contribution in [0.4, 0.5) is 13.2 Å². The number of halogens is 3. The third-order valence-corrected chi connectivity index (χ3v) is 7.76. The van der Waals surface area contributed by atoms with E-state index in [1.807, 2.05) is 30.5 Å². The van der Waals surface area contributed by atoms with Crippen LogP contribution in [0.25, 0.3) is 44.5 Å². The van der Waals surface area contributed by atoms with Crippen molar-refractivity contribution in [3.8, 4) is 22.6 Å². The number of morpholine rings is 1. The second kappa shape index (κ2) is 11.2. The Kier molecular flexibility index (Phi) is 7.03. The summed E-state index contributed by atoms with van der Waals surface area (Å²) in [6, 6.07) is 14.0. The summed E-state index contributed by atoms with van der Waals surface area (Å²) in [5.74, 6) is -1.31. The quantitative estimate of drug-likeness (QED) is 0.270.